The molecule has 5 nitrogen and oxygen atoms in total. The van der Waals surface area contributed by atoms with Crippen molar-refractivity contribution in [3.8, 4) is 22.5 Å². The molecule has 13 heteroatoms. The Morgan fingerprint density at radius 1 is 0.897 bits per heavy atom. The van der Waals surface area contributed by atoms with Crippen molar-refractivity contribution in [2.75, 3.05) is 6.54 Å². The number of halogens is 8. The molecule has 0 atom stereocenters. The van der Waals surface area contributed by atoms with Gasteiger partial charge in [0.2, 0.25) is 0 Å². The Morgan fingerprint density at radius 2 is 1.69 bits per heavy atom. The molecule has 0 bridgehead atoms. The molecule has 0 radical (unpaired) electrons. The third kappa shape index (κ3) is 5.47. The van der Waals surface area contributed by atoms with Crippen molar-refractivity contribution >= 4 is 6.21 Å². The van der Waals surface area contributed by atoms with Crippen LogP contribution in [0.1, 0.15) is 28.2 Å². The minimum absolute atomic E-state index is 0.0182. The molecule has 1 N–H and O–H groups in total. The average molecular weight is 551 g/mol. The van der Waals surface area contributed by atoms with Gasteiger partial charge in [0.05, 0.1) is 40.8 Å². The van der Waals surface area contributed by atoms with Gasteiger partial charge >= 0.3 is 12.4 Å². The predicted molar refractivity (Wildman–Crippen MR) is 125 cm³/mol. The Hall–Kier alpha value is -4.29. The highest BCUT2D eigenvalue weighted by Gasteiger charge is 2.38. The van der Waals surface area contributed by atoms with Crippen LogP contribution >= 0.6 is 0 Å². The molecule has 0 spiro atoms. The van der Waals surface area contributed by atoms with Crippen LogP contribution in [-0.2, 0) is 25.3 Å². The predicted octanol–water partition coefficient (Wildman–Crippen LogP) is 6.85. The lowest BCUT2D eigenvalue weighted by atomic mass is 9.97. The lowest BCUT2D eigenvalue weighted by molar-refractivity contribution is -0.142. The molecule has 0 aliphatic carbocycles. The highest BCUT2D eigenvalue weighted by molar-refractivity contribution is 5.80. The number of pyridine rings is 1. The summed E-state index contributed by atoms with van der Waals surface area (Å²) in [6.45, 7) is 0.616. The van der Waals surface area contributed by atoms with Gasteiger partial charge in [0.15, 0.2) is 11.6 Å². The minimum Gasteiger partial charge on any atom is -0.337 e. The smallest absolute Gasteiger partial charge is 0.337 e. The van der Waals surface area contributed by atoms with E-state index in [2.05, 4.69) is 20.1 Å². The SMILES string of the molecule is Fc1cccc(-c2nc3c([nH]2)C=NN(CCc2ccc(-c4ccc(C(F)(F)F)cc4C(F)(F)F)cn2)C3)c1F. The Morgan fingerprint density at radius 3 is 2.38 bits per heavy atom. The van der Waals surface area contributed by atoms with E-state index in [1.165, 1.54) is 36.7 Å². The van der Waals surface area contributed by atoms with E-state index in [4.69, 9.17) is 0 Å². The summed E-state index contributed by atoms with van der Waals surface area (Å²) in [6, 6.07) is 8.11. The Labute approximate surface area is 215 Å². The first-order chi connectivity index (χ1) is 18.4. The molecule has 4 aromatic rings. The number of hydrazone groups is 1. The lowest BCUT2D eigenvalue weighted by Crippen LogP contribution is -2.24. The Bertz CT molecular complexity index is 1540. The number of H-pyrrole nitrogens is 1. The number of rotatable bonds is 5. The van der Waals surface area contributed by atoms with Gasteiger partial charge in [0.1, 0.15) is 5.82 Å². The number of hydrogen-bond acceptors (Lipinski definition) is 4. The van der Waals surface area contributed by atoms with Crippen LogP contribution in [0.4, 0.5) is 35.1 Å². The van der Waals surface area contributed by atoms with E-state index < -0.39 is 40.7 Å². The fraction of sp³-hybridized carbons (Fsp3) is 0.192. The number of nitrogens with zero attached hydrogens (tertiary/aromatic N) is 4. The van der Waals surface area contributed by atoms with Crippen LogP contribution in [0.5, 0.6) is 0 Å². The van der Waals surface area contributed by atoms with Gasteiger partial charge in [-0.1, -0.05) is 18.2 Å². The standard InChI is InChI=1S/C26H17F8N5/c27-20-3-1-2-18(23(20)28)24-37-21-12-36-39(13-22(21)38-24)9-8-16-6-4-14(11-35-16)17-7-5-15(25(29,30)31)10-19(17)26(32,33)34/h1-7,10-12H,8-9,13H2,(H,37,38). The second-order valence-electron chi connectivity index (χ2n) is 8.72. The summed E-state index contributed by atoms with van der Waals surface area (Å²) in [6.07, 6.45) is -6.88. The number of alkyl halides is 6. The van der Waals surface area contributed by atoms with Crippen LogP contribution in [-0.4, -0.2) is 32.7 Å². The molecular formula is C26H17F8N5. The van der Waals surface area contributed by atoms with Gasteiger partial charge in [0.25, 0.3) is 0 Å². The molecule has 0 amide bonds. The maximum atomic E-state index is 14.1. The fourth-order valence-corrected chi connectivity index (χ4v) is 4.14. The van der Waals surface area contributed by atoms with Gasteiger partial charge in [-0.15, -0.1) is 0 Å². The molecule has 2 aromatic heterocycles. The molecule has 2 aromatic carbocycles. The summed E-state index contributed by atoms with van der Waals surface area (Å²) in [5.74, 6) is -1.86. The van der Waals surface area contributed by atoms with Crippen molar-refractivity contribution < 1.29 is 35.1 Å². The van der Waals surface area contributed by atoms with Crippen LogP contribution in [0.3, 0.4) is 0 Å². The largest absolute Gasteiger partial charge is 0.417 e. The second kappa shape index (κ2) is 9.79. The molecule has 0 saturated carbocycles. The van der Waals surface area contributed by atoms with Crippen molar-refractivity contribution in [2.24, 2.45) is 5.10 Å². The molecule has 0 fully saturated rings. The number of aromatic amines is 1. The van der Waals surface area contributed by atoms with E-state index in [0.717, 1.165) is 12.1 Å². The van der Waals surface area contributed by atoms with Crippen LogP contribution < -0.4 is 0 Å². The lowest BCUT2D eigenvalue weighted by Gasteiger charge is -2.21. The molecule has 0 unspecified atom stereocenters. The third-order valence-electron chi connectivity index (χ3n) is 6.11. The van der Waals surface area contributed by atoms with Crippen molar-refractivity contribution in [3.05, 3.63) is 94.6 Å². The van der Waals surface area contributed by atoms with Crippen LogP contribution in [0.25, 0.3) is 22.5 Å². The quantitative estimate of drug-likeness (QED) is 0.276. The van der Waals surface area contributed by atoms with E-state index in [-0.39, 0.29) is 29.6 Å². The molecule has 39 heavy (non-hydrogen) atoms. The molecule has 1 aliphatic heterocycles. The van der Waals surface area contributed by atoms with Gasteiger partial charge in [-0.3, -0.25) is 9.99 Å². The number of benzene rings is 2. The van der Waals surface area contributed by atoms with E-state index in [1.54, 1.807) is 5.01 Å². The van der Waals surface area contributed by atoms with E-state index in [9.17, 15) is 35.1 Å². The molecule has 1 aliphatic rings. The molecule has 0 saturated heterocycles. The number of fused-ring (bicyclic) bond motifs is 1. The van der Waals surface area contributed by atoms with Gasteiger partial charge < -0.3 is 4.98 Å². The molecule has 202 valence electrons. The minimum atomic E-state index is -4.99. The molecular weight excluding hydrogens is 534 g/mol. The zero-order chi connectivity index (χ0) is 27.9. The van der Waals surface area contributed by atoms with Gasteiger partial charge in [-0.05, 0) is 35.9 Å². The van der Waals surface area contributed by atoms with Crippen LogP contribution in [0.2, 0.25) is 0 Å². The topological polar surface area (TPSA) is 57.2 Å². The summed E-state index contributed by atoms with van der Waals surface area (Å²) in [5.41, 5.74) is -1.57. The normalized spacial score (nSPS) is 13.6. The number of aromatic nitrogens is 3. The highest BCUT2D eigenvalue weighted by atomic mass is 19.4. The maximum absolute atomic E-state index is 14.1. The van der Waals surface area contributed by atoms with Gasteiger partial charge in [-0.25, -0.2) is 13.8 Å². The Balaban J connectivity index is 1.27. The maximum Gasteiger partial charge on any atom is 0.417 e. The van der Waals surface area contributed by atoms with Crippen molar-refractivity contribution in [1.82, 2.24) is 20.0 Å². The van der Waals surface area contributed by atoms with Gasteiger partial charge in [0, 0.05) is 30.4 Å². The first-order valence-electron chi connectivity index (χ1n) is 11.5. The summed E-state index contributed by atoms with van der Waals surface area (Å²) in [4.78, 5) is 11.4. The van der Waals surface area contributed by atoms with Crippen LogP contribution in [0.15, 0.2) is 59.8 Å². The van der Waals surface area contributed by atoms with Crippen molar-refractivity contribution in [1.29, 1.82) is 0 Å². The van der Waals surface area contributed by atoms with Crippen LogP contribution in [0, 0.1) is 11.6 Å². The molecule has 3 heterocycles. The summed E-state index contributed by atoms with van der Waals surface area (Å²) in [5, 5.41) is 5.94. The average Bonchev–Trinajstić information content (AvgIpc) is 3.31. The first-order valence-corrected chi connectivity index (χ1v) is 11.5. The van der Waals surface area contributed by atoms with E-state index in [0.29, 0.717) is 36.1 Å². The van der Waals surface area contributed by atoms with Crippen molar-refractivity contribution in [2.45, 2.75) is 25.3 Å². The highest BCUT2D eigenvalue weighted by Crippen LogP contribution is 2.40. The number of nitrogens with one attached hydrogen (secondary N) is 1. The zero-order valence-electron chi connectivity index (χ0n) is 19.7. The number of hydrogen-bond donors (Lipinski definition) is 1. The van der Waals surface area contributed by atoms with Gasteiger partial charge in [-0.2, -0.15) is 31.4 Å². The third-order valence-corrected chi connectivity index (χ3v) is 6.11. The number of imidazole rings is 1. The Kier molecular flexibility index (Phi) is 6.60. The summed E-state index contributed by atoms with van der Waals surface area (Å²) >= 11 is 0. The summed E-state index contributed by atoms with van der Waals surface area (Å²) < 4.78 is 107. The fourth-order valence-electron chi connectivity index (χ4n) is 4.14. The second-order valence-corrected chi connectivity index (χ2v) is 8.72. The monoisotopic (exact) mass is 551 g/mol. The van der Waals surface area contributed by atoms with E-state index in [1.807, 2.05) is 0 Å². The summed E-state index contributed by atoms with van der Waals surface area (Å²) in [7, 11) is 0. The molecule has 5 rings (SSSR count). The van der Waals surface area contributed by atoms with Crippen molar-refractivity contribution in [3.63, 3.8) is 0 Å². The van der Waals surface area contributed by atoms with E-state index >= 15 is 0 Å². The first kappa shape index (κ1) is 26.3. The zero-order valence-corrected chi connectivity index (χ0v) is 19.7.